The summed E-state index contributed by atoms with van der Waals surface area (Å²) in [5.41, 5.74) is 6.41. The van der Waals surface area contributed by atoms with Crippen molar-refractivity contribution in [3.05, 3.63) is 72.9 Å². The highest BCUT2D eigenvalue weighted by molar-refractivity contribution is 5.82. The maximum Gasteiger partial charge on any atom is 0.155 e. The number of nitrogens with one attached hydrogen (secondary N) is 1. The van der Waals surface area contributed by atoms with E-state index in [4.69, 9.17) is 0 Å². The van der Waals surface area contributed by atoms with Crippen LogP contribution in [-0.4, -0.2) is 25.1 Å². The van der Waals surface area contributed by atoms with Gasteiger partial charge < -0.3 is 0 Å². The number of pyridine rings is 2. The SMILES string of the molecule is Cc1c(-c2ccncc2)cc(-c2ncn[nH]2)cc1-c1ccccn1. The van der Waals surface area contributed by atoms with E-state index in [-0.39, 0.29) is 0 Å². The lowest BCUT2D eigenvalue weighted by Gasteiger charge is -2.14. The lowest BCUT2D eigenvalue weighted by molar-refractivity contribution is 1.09. The second-order valence-electron chi connectivity index (χ2n) is 5.48. The molecule has 0 amide bonds. The van der Waals surface area contributed by atoms with Gasteiger partial charge in [-0.05, 0) is 60.0 Å². The molecule has 0 aliphatic carbocycles. The minimum Gasteiger partial charge on any atom is -0.265 e. The van der Waals surface area contributed by atoms with Gasteiger partial charge in [-0.25, -0.2) is 4.98 Å². The molecule has 3 aromatic heterocycles. The molecule has 116 valence electrons. The highest BCUT2D eigenvalue weighted by atomic mass is 15.2. The predicted octanol–water partition coefficient (Wildman–Crippen LogP) is 3.90. The Morgan fingerprint density at radius 2 is 1.67 bits per heavy atom. The van der Waals surface area contributed by atoms with E-state index in [9.17, 15) is 0 Å². The molecular formula is C19H15N5. The van der Waals surface area contributed by atoms with Crippen LogP contribution in [0.1, 0.15) is 5.56 Å². The zero-order valence-corrected chi connectivity index (χ0v) is 13.1. The molecule has 5 nitrogen and oxygen atoms in total. The van der Waals surface area contributed by atoms with E-state index in [1.54, 1.807) is 12.4 Å². The zero-order chi connectivity index (χ0) is 16.4. The highest BCUT2D eigenvalue weighted by Crippen LogP contribution is 2.34. The molecule has 0 saturated carbocycles. The number of hydrogen-bond donors (Lipinski definition) is 1. The Morgan fingerprint density at radius 3 is 2.38 bits per heavy atom. The molecule has 1 aromatic carbocycles. The predicted molar refractivity (Wildman–Crippen MR) is 93.0 cm³/mol. The van der Waals surface area contributed by atoms with Gasteiger partial charge in [-0.15, -0.1) is 0 Å². The summed E-state index contributed by atoms with van der Waals surface area (Å²) < 4.78 is 0. The molecule has 3 heterocycles. The molecule has 5 heteroatoms. The first kappa shape index (κ1) is 14.3. The fourth-order valence-electron chi connectivity index (χ4n) is 2.81. The Hall–Kier alpha value is -3.34. The second kappa shape index (κ2) is 6.04. The molecule has 4 aromatic rings. The summed E-state index contributed by atoms with van der Waals surface area (Å²) in [6.07, 6.45) is 6.93. The largest absolute Gasteiger partial charge is 0.265 e. The highest BCUT2D eigenvalue weighted by Gasteiger charge is 2.13. The Morgan fingerprint density at radius 1 is 0.833 bits per heavy atom. The zero-order valence-electron chi connectivity index (χ0n) is 13.1. The van der Waals surface area contributed by atoms with E-state index in [0.717, 1.165) is 33.8 Å². The number of aromatic amines is 1. The quantitative estimate of drug-likeness (QED) is 0.623. The summed E-state index contributed by atoms with van der Waals surface area (Å²) >= 11 is 0. The topological polar surface area (TPSA) is 67.3 Å². The van der Waals surface area contributed by atoms with Crippen LogP contribution in [0.3, 0.4) is 0 Å². The Balaban J connectivity index is 1.98. The van der Waals surface area contributed by atoms with Gasteiger partial charge in [-0.1, -0.05) is 6.07 Å². The molecule has 4 rings (SSSR count). The average Bonchev–Trinajstić information content (AvgIpc) is 3.18. The van der Waals surface area contributed by atoms with Crippen molar-refractivity contribution in [3.63, 3.8) is 0 Å². The monoisotopic (exact) mass is 313 g/mol. The van der Waals surface area contributed by atoms with Gasteiger partial charge in [0.05, 0.1) is 5.69 Å². The smallest absolute Gasteiger partial charge is 0.155 e. The molecule has 0 bridgehead atoms. The molecule has 0 aliphatic rings. The van der Waals surface area contributed by atoms with Gasteiger partial charge in [0.2, 0.25) is 0 Å². The summed E-state index contributed by atoms with van der Waals surface area (Å²) in [7, 11) is 0. The van der Waals surface area contributed by atoms with Gasteiger partial charge in [0.15, 0.2) is 5.82 Å². The van der Waals surface area contributed by atoms with E-state index in [1.807, 2.05) is 36.5 Å². The van der Waals surface area contributed by atoms with Crippen molar-refractivity contribution >= 4 is 0 Å². The van der Waals surface area contributed by atoms with E-state index in [2.05, 4.69) is 44.2 Å². The lowest BCUT2D eigenvalue weighted by Crippen LogP contribution is -1.94. The minimum absolute atomic E-state index is 0.738. The van der Waals surface area contributed by atoms with Crippen molar-refractivity contribution in [1.82, 2.24) is 25.1 Å². The first-order valence-corrected chi connectivity index (χ1v) is 7.65. The van der Waals surface area contributed by atoms with Crippen LogP contribution in [0.15, 0.2) is 67.4 Å². The van der Waals surface area contributed by atoms with Crippen molar-refractivity contribution in [1.29, 1.82) is 0 Å². The first-order valence-electron chi connectivity index (χ1n) is 7.65. The van der Waals surface area contributed by atoms with Gasteiger partial charge in [-0.3, -0.25) is 15.1 Å². The van der Waals surface area contributed by atoms with Crippen LogP contribution >= 0.6 is 0 Å². The minimum atomic E-state index is 0.738. The average molecular weight is 313 g/mol. The van der Waals surface area contributed by atoms with Crippen molar-refractivity contribution in [2.75, 3.05) is 0 Å². The molecule has 1 N–H and O–H groups in total. The molecule has 0 atom stereocenters. The molecular weight excluding hydrogens is 298 g/mol. The van der Waals surface area contributed by atoms with E-state index < -0.39 is 0 Å². The molecule has 0 spiro atoms. The van der Waals surface area contributed by atoms with Crippen LogP contribution in [0.4, 0.5) is 0 Å². The van der Waals surface area contributed by atoms with Crippen LogP contribution in [0.5, 0.6) is 0 Å². The molecule has 0 radical (unpaired) electrons. The van der Waals surface area contributed by atoms with Crippen LogP contribution < -0.4 is 0 Å². The van der Waals surface area contributed by atoms with Gasteiger partial charge in [0.1, 0.15) is 6.33 Å². The van der Waals surface area contributed by atoms with Crippen molar-refractivity contribution in [3.8, 4) is 33.8 Å². The van der Waals surface area contributed by atoms with Crippen LogP contribution in [0.2, 0.25) is 0 Å². The summed E-state index contributed by atoms with van der Waals surface area (Å²) in [5, 5.41) is 6.90. The van der Waals surface area contributed by atoms with Crippen molar-refractivity contribution in [2.24, 2.45) is 0 Å². The lowest BCUT2D eigenvalue weighted by atomic mass is 9.92. The molecule has 0 aliphatic heterocycles. The summed E-state index contributed by atoms with van der Waals surface area (Å²) in [6.45, 7) is 2.12. The maximum atomic E-state index is 4.51. The number of benzene rings is 1. The fourth-order valence-corrected chi connectivity index (χ4v) is 2.81. The molecule has 0 saturated heterocycles. The van der Waals surface area contributed by atoms with E-state index in [0.29, 0.717) is 0 Å². The van der Waals surface area contributed by atoms with Gasteiger partial charge in [0.25, 0.3) is 0 Å². The third kappa shape index (κ3) is 2.56. The summed E-state index contributed by atoms with van der Waals surface area (Å²) in [5.74, 6) is 0.738. The number of rotatable bonds is 3. The number of H-pyrrole nitrogens is 1. The van der Waals surface area contributed by atoms with Crippen LogP contribution in [0.25, 0.3) is 33.8 Å². The second-order valence-corrected chi connectivity index (χ2v) is 5.48. The normalized spacial score (nSPS) is 10.7. The van der Waals surface area contributed by atoms with Crippen LogP contribution in [0, 0.1) is 6.92 Å². The fraction of sp³-hybridized carbons (Fsp3) is 0.0526. The van der Waals surface area contributed by atoms with Gasteiger partial charge in [-0.2, -0.15) is 5.10 Å². The molecule has 0 unspecified atom stereocenters. The number of nitrogens with zero attached hydrogens (tertiary/aromatic N) is 4. The number of aromatic nitrogens is 5. The first-order chi connectivity index (χ1) is 11.8. The van der Waals surface area contributed by atoms with E-state index >= 15 is 0 Å². The van der Waals surface area contributed by atoms with Crippen LogP contribution in [-0.2, 0) is 0 Å². The van der Waals surface area contributed by atoms with Crippen molar-refractivity contribution < 1.29 is 0 Å². The third-order valence-electron chi connectivity index (χ3n) is 4.03. The molecule has 0 fully saturated rings. The Bertz CT molecular complexity index is 887. The van der Waals surface area contributed by atoms with Crippen molar-refractivity contribution in [2.45, 2.75) is 6.92 Å². The molecule has 24 heavy (non-hydrogen) atoms. The summed E-state index contributed by atoms with van der Waals surface area (Å²) in [6, 6.07) is 14.2. The Labute approximate surface area is 139 Å². The summed E-state index contributed by atoms with van der Waals surface area (Å²) in [4.78, 5) is 12.9. The van der Waals surface area contributed by atoms with E-state index in [1.165, 1.54) is 11.9 Å². The van der Waals surface area contributed by atoms with Gasteiger partial charge in [0, 0.05) is 29.7 Å². The maximum absolute atomic E-state index is 4.51. The van der Waals surface area contributed by atoms with Gasteiger partial charge >= 0.3 is 0 Å². The third-order valence-corrected chi connectivity index (χ3v) is 4.03. The number of hydrogen-bond acceptors (Lipinski definition) is 4. The standard InChI is InChI=1S/C19H15N5/c1-13-16(14-5-8-20-9-6-14)10-15(19-22-12-23-24-19)11-17(13)18-4-2-3-7-21-18/h2-12H,1H3,(H,22,23,24). The Kier molecular flexibility index (Phi) is 3.59.